The van der Waals surface area contributed by atoms with Crippen LogP contribution in [0.25, 0.3) is 0 Å². The molecular weight excluding hydrogens is 274 g/mol. The molecule has 2 unspecified atom stereocenters. The molecule has 0 bridgehead atoms. The van der Waals surface area contributed by atoms with Crippen molar-refractivity contribution in [2.75, 3.05) is 45.8 Å². The van der Waals surface area contributed by atoms with Gasteiger partial charge >= 0.3 is 5.97 Å². The van der Waals surface area contributed by atoms with Crippen LogP contribution in [0.15, 0.2) is 0 Å². The van der Waals surface area contributed by atoms with Crippen molar-refractivity contribution in [1.82, 2.24) is 14.7 Å². The fourth-order valence-corrected chi connectivity index (χ4v) is 3.08. The minimum absolute atomic E-state index is 0.0245. The molecule has 7 heteroatoms. The lowest BCUT2D eigenvalue weighted by Gasteiger charge is -2.35. The van der Waals surface area contributed by atoms with E-state index in [-0.39, 0.29) is 30.2 Å². The highest BCUT2D eigenvalue weighted by Crippen LogP contribution is 2.23. The standard InChI is InChI=1S/C14H23N3O4/c1-10-7-15(8-12(10)14(20)21)9-13(19)17-5-3-16(4-6-17)11(2)18/h10,12H,3-9H2,1-2H3,(H,20,21). The van der Waals surface area contributed by atoms with Crippen LogP contribution in [0, 0.1) is 11.8 Å². The highest BCUT2D eigenvalue weighted by molar-refractivity contribution is 5.79. The first-order valence-electron chi connectivity index (χ1n) is 7.37. The molecule has 21 heavy (non-hydrogen) atoms. The van der Waals surface area contributed by atoms with E-state index in [1.165, 1.54) is 6.92 Å². The van der Waals surface area contributed by atoms with Crippen LogP contribution in [0.5, 0.6) is 0 Å². The number of piperazine rings is 1. The average molecular weight is 297 g/mol. The zero-order valence-electron chi connectivity index (χ0n) is 12.6. The molecule has 0 radical (unpaired) electrons. The molecule has 7 nitrogen and oxygen atoms in total. The van der Waals surface area contributed by atoms with Crippen LogP contribution in [0.3, 0.4) is 0 Å². The van der Waals surface area contributed by atoms with Gasteiger partial charge in [-0.25, -0.2) is 0 Å². The van der Waals surface area contributed by atoms with Crippen LogP contribution in [0.1, 0.15) is 13.8 Å². The summed E-state index contributed by atoms with van der Waals surface area (Å²) in [7, 11) is 0. The summed E-state index contributed by atoms with van der Waals surface area (Å²) >= 11 is 0. The van der Waals surface area contributed by atoms with E-state index in [0.717, 1.165) is 0 Å². The number of rotatable bonds is 3. The van der Waals surface area contributed by atoms with E-state index in [1.54, 1.807) is 9.80 Å². The first-order chi connectivity index (χ1) is 9.88. The molecule has 2 heterocycles. The Morgan fingerprint density at radius 2 is 1.62 bits per heavy atom. The highest BCUT2D eigenvalue weighted by Gasteiger charge is 2.36. The normalized spacial score (nSPS) is 27.0. The number of aliphatic carboxylic acids is 1. The lowest BCUT2D eigenvalue weighted by molar-refractivity contribution is -0.142. The average Bonchev–Trinajstić information content (AvgIpc) is 2.79. The van der Waals surface area contributed by atoms with Gasteiger partial charge in [0.1, 0.15) is 0 Å². The Bertz CT molecular complexity index is 432. The molecule has 0 aliphatic carbocycles. The zero-order valence-corrected chi connectivity index (χ0v) is 12.6. The Labute approximate surface area is 124 Å². The minimum Gasteiger partial charge on any atom is -0.481 e. The lowest BCUT2D eigenvalue weighted by Crippen LogP contribution is -2.52. The number of hydrogen-bond acceptors (Lipinski definition) is 4. The second-order valence-corrected chi connectivity index (χ2v) is 6.00. The Balaban J connectivity index is 1.81. The SMILES string of the molecule is CC(=O)N1CCN(C(=O)CN2CC(C)C(C(=O)O)C2)CC1. The summed E-state index contributed by atoms with van der Waals surface area (Å²) in [6, 6.07) is 0. The molecule has 0 aromatic heterocycles. The van der Waals surface area contributed by atoms with Gasteiger partial charge in [-0.3, -0.25) is 19.3 Å². The van der Waals surface area contributed by atoms with E-state index in [0.29, 0.717) is 39.3 Å². The third kappa shape index (κ3) is 3.72. The largest absolute Gasteiger partial charge is 0.481 e. The van der Waals surface area contributed by atoms with Crippen molar-refractivity contribution in [3.05, 3.63) is 0 Å². The first-order valence-corrected chi connectivity index (χ1v) is 7.37. The fourth-order valence-electron chi connectivity index (χ4n) is 3.08. The summed E-state index contributed by atoms with van der Waals surface area (Å²) in [6.45, 7) is 7.09. The fraction of sp³-hybridized carbons (Fsp3) is 0.786. The maximum Gasteiger partial charge on any atom is 0.308 e. The molecule has 0 saturated carbocycles. The maximum absolute atomic E-state index is 12.2. The Kier molecular flexibility index (Phi) is 4.82. The van der Waals surface area contributed by atoms with Crippen molar-refractivity contribution in [2.24, 2.45) is 11.8 Å². The number of carboxylic acid groups (broad SMARTS) is 1. The predicted molar refractivity (Wildman–Crippen MR) is 75.6 cm³/mol. The van der Waals surface area contributed by atoms with Crippen LogP contribution in [0.4, 0.5) is 0 Å². The Morgan fingerprint density at radius 1 is 1.05 bits per heavy atom. The third-order valence-electron chi connectivity index (χ3n) is 4.44. The number of carbonyl (C=O) groups is 3. The molecule has 0 aromatic carbocycles. The predicted octanol–water partition coefficient (Wildman–Crippen LogP) is -0.670. The van der Waals surface area contributed by atoms with E-state index in [2.05, 4.69) is 0 Å². The third-order valence-corrected chi connectivity index (χ3v) is 4.44. The summed E-state index contributed by atoms with van der Waals surface area (Å²) < 4.78 is 0. The summed E-state index contributed by atoms with van der Waals surface area (Å²) in [4.78, 5) is 40.0. The molecule has 2 amide bonds. The lowest BCUT2D eigenvalue weighted by atomic mass is 9.99. The molecule has 2 aliphatic heterocycles. The number of likely N-dealkylation sites (tertiary alicyclic amines) is 1. The second-order valence-electron chi connectivity index (χ2n) is 6.00. The van der Waals surface area contributed by atoms with Crippen LogP contribution >= 0.6 is 0 Å². The highest BCUT2D eigenvalue weighted by atomic mass is 16.4. The van der Waals surface area contributed by atoms with Crippen molar-refractivity contribution < 1.29 is 19.5 Å². The molecule has 118 valence electrons. The number of carbonyl (C=O) groups excluding carboxylic acids is 2. The zero-order chi connectivity index (χ0) is 15.6. The molecule has 1 N–H and O–H groups in total. The van der Waals surface area contributed by atoms with Crippen LogP contribution in [0.2, 0.25) is 0 Å². The number of amides is 2. The van der Waals surface area contributed by atoms with E-state index in [1.807, 2.05) is 11.8 Å². The molecule has 0 spiro atoms. The Morgan fingerprint density at radius 3 is 2.10 bits per heavy atom. The van der Waals surface area contributed by atoms with Gasteiger partial charge in [0.05, 0.1) is 12.5 Å². The Hall–Kier alpha value is -1.63. The van der Waals surface area contributed by atoms with Crippen molar-refractivity contribution in [3.8, 4) is 0 Å². The van der Waals surface area contributed by atoms with Crippen molar-refractivity contribution >= 4 is 17.8 Å². The summed E-state index contributed by atoms with van der Waals surface area (Å²) in [5.74, 6) is -1.03. The molecular formula is C14H23N3O4. The number of nitrogens with zero attached hydrogens (tertiary/aromatic N) is 3. The van der Waals surface area contributed by atoms with Gasteiger partial charge in [0, 0.05) is 46.2 Å². The topological polar surface area (TPSA) is 81.2 Å². The number of hydrogen-bond donors (Lipinski definition) is 1. The van der Waals surface area contributed by atoms with E-state index >= 15 is 0 Å². The quantitative estimate of drug-likeness (QED) is 0.747. The van der Waals surface area contributed by atoms with Gasteiger partial charge in [-0.1, -0.05) is 6.92 Å². The van der Waals surface area contributed by atoms with Gasteiger partial charge in [-0.2, -0.15) is 0 Å². The first kappa shape index (κ1) is 15.8. The second kappa shape index (κ2) is 6.43. The molecule has 2 saturated heterocycles. The molecule has 2 atom stereocenters. The van der Waals surface area contributed by atoms with Gasteiger partial charge < -0.3 is 14.9 Å². The van der Waals surface area contributed by atoms with E-state index in [4.69, 9.17) is 5.11 Å². The maximum atomic E-state index is 12.2. The van der Waals surface area contributed by atoms with Crippen LogP contribution in [-0.4, -0.2) is 83.4 Å². The smallest absolute Gasteiger partial charge is 0.308 e. The summed E-state index contributed by atoms with van der Waals surface area (Å²) in [5.41, 5.74) is 0. The molecule has 2 rings (SSSR count). The minimum atomic E-state index is -0.785. The summed E-state index contributed by atoms with van der Waals surface area (Å²) in [5, 5.41) is 9.11. The van der Waals surface area contributed by atoms with E-state index in [9.17, 15) is 14.4 Å². The van der Waals surface area contributed by atoms with Gasteiger partial charge in [-0.15, -0.1) is 0 Å². The molecule has 2 aliphatic rings. The van der Waals surface area contributed by atoms with Crippen molar-refractivity contribution in [2.45, 2.75) is 13.8 Å². The van der Waals surface area contributed by atoms with Gasteiger partial charge in [0.2, 0.25) is 11.8 Å². The number of carboxylic acids is 1. The van der Waals surface area contributed by atoms with Crippen molar-refractivity contribution in [1.29, 1.82) is 0 Å². The van der Waals surface area contributed by atoms with Crippen LogP contribution < -0.4 is 0 Å². The van der Waals surface area contributed by atoms with Crippen LogP contribution in [-0.2, 0) is 14.4 Å². The van der Waals surface area contributed by atoms with Gasteiger partial charge in [0.25, 0.3) is 0 Å². The molecule has 2 fully saturated rings. The van der Waals surface area contributed by atoms with Crippen molar-refractivity contribution in [3.63, 3.8) is 0 Å². The monoisotopic (exact) mass is 297 g/mol. The molecule has 0 aromatic rings. The van der Waals surface area contributed by atoms with E-state index < -0.39 is 5.97 Å². The summed E-state index contributed by atoms with van der Waals surface area (Å²) in [6.07, 6.45) is 0. The van der Waals surface area contributed by atoms with Gasteiger partial charge in [0.15, 0.2) is 0 Å². The van der Waals surface area contributed by atoms with Gasteiger partial charge in [-0.05, 0) is 5.92 Å².